The topological polar surface area (TPSA) is 23.5 Å². The van der Waals surface area contributed by atoms with Crippen LogP contribution in [0.25, 0.3) is 11.1 Å². The van der Waals surface area contributed by atoms with Gasteiger partial charge in [0.05, 0.1) is 5.60 Å². The van der Waals surface area contributed by atoms with E-state index in [9.17, 15) is 5.11 Å². The molecule has 0 aliphatic rings. The van der Waals surface area contributed by atoms with E-state index in [2.05, 4.69) is 67.3 Å². The van der Waals surface area contributed by atoms with Gasteiger partial charge in [0.25, 0.3) is 0 Å². The van der Waals surface area contributed by atoms with Crippen molar-refractivity contribution in [1.82, 2.24) is 4.90 Å². The Morgan fingerprint density at radius 3 is 1.73 bits per heavy atom. The van der Waals surface area contributed by atoms with Crippen LogP contribution in [0.2, 0.25) is 0 Å². The molecular weight excluding hydrogens is 366 g/mol. The highest BCUT2D eigenvalue weighted by Gasteiger charge is 2.24. The van der Waals surface area contributed by atoms with Crippen LogP contribution in [0.4, 0.5) is 0 Å². The van der Waals surface area contributed by atoms with Gasteiger partial charge in [0, 0.05) is 6.54 Å². The molecule has 0 saturated heterocycles. The summed E-state index contributed by atoms with van der Waals surface area (Å²) in [4.78, 5) is 2.58. The summed E-state index contributed by atoms with van der Waals surface area (Å²) in [6, 6.07) is 18.9. The van der Waals surface area contributed by atoms with E-state index in [1.165, 1.54) is 62.5 Å². The molecule has 2 nitrogen and oxygen atoms in total. The summed E-state index contributed by atoms with van der Waals surface area (Å²) in [6.07, 6.45) is 11.2. The van der Waals surface area contributed by atoms with Crippen LogP contribution in [0.15, 0.2) is 54.6 Å². The highest BCUT2D eigenvalue weighted by atomic mass is 16.3. The maximum atomic E-state index is 11.2. The van der Waals surface area contributed by atoms with Gasteiger partial charge in [-0.1, -0.05) is 107 Å². The fourth-order valence-electron chi connectivity index (χ4n) is 4.03. The Morgan fingerprint density at radius 2 is 1.20 bits per heavy atom. The normalized spacial score (nSPS) is 13.5. The van der Waals surface area contributed by atoms with E-state index in [1.807, 2.05) is 13.0 Å². The van der Waals surface area contributed by atoms with Crippen molar-refractivity contribution in [3.63, 3.8) is 0 Å². The summed E-state index contributed by atoms with van der Waals surface area (Å²) in [5, 5.41) is 11.2. The van der Waals surface area contributed by atoms with Crippen molar-refractivity contribution in [2.24, 2.45) is 0 Å². The molecule has 2 aromatic rings. The highest BCUT2D eigenvalue weighted by Crippen LogP contribution is 2.28. The van der Waals surface area contributed by atoms with Gasteiger partial charge in [-0.05, 0) is 56.0 Å². The molecular formula is C28H43NO. The lowest BCUT2D eigenvalue weighted by molar-refractivity contribution is 0.0354. The molecule has 2 rings (SSSR count). The van der Waals surface area contributed by atoms with Crippen LogP contribution in [-0.4, -0.2) is 29.6 Å². The molecule has 0 spiro atoms. The standard InChI is InChI=1S/C28H43NO/c1-4-6-8-13-22-29(23-14-9-7-5-2)24-21-28(3,30)27-19-17-26(18-20-27)25-15-11-10-12-16-25/h10-12,15-20,30H,4-9,13-14,21-24H2,1-3H3. The maximum Gasteiger partial charge on any atom is 0.0880 e. The van der Waals surface area contributed by atoms with Gasteiger partial charge in [0.2, 0.25) is 0 Å². The summed E-state index contributed by atoms with van der Waals surface area (Å²) in [5.74, 6) is 0. The first-order valence-electron chi connectivity index (χ1n) is 12.2. The van der Waals surface area contributed by atoms with Gasteiger partial charge in [0.1, 0.15) is 0 Å². The number of hydrogen-bond donors (Lipinski definition) is 1. The fraction of sp³-hybridized carbons (Fsp3) is 0.571. The minimum absolute atomic E-state index is 0.777. The predicted octanol–water partition coefficient (Wildman–Crippen LogP) is 7.41. The molecule has 0 aromatic heterocycles. The molecule has 0 aliphatic heterocycles. The molecule has 0 bridgehead atoms. The first kappa shape index (κ1) is 24.6. The molecule has 2 heteroatoms. The molecule has 0 saturated carbocycles. The molecule has 0 amide bonds. The summed E-state index contributed by atoms with van der Waals surface area (Å²) < 4.78 is 0. The summed E-state index contributed by atoms with van der Waals surface area (Å²) in [6.45, 7) is 9.79. The molecule has 30 heavy (non-hydrogen) atoms. The zero-order chi connectivity index (χ0) is 21.7. The second kappa shape index (κ2) is 13.6. The zero-order valence-corrected chi connectivity index (χ0v) is 19.6. The van der Waals surface area contributed by atoms with Crippen LogP contribution >= 0.6 is 0 Å². The number of benzene rings is 2. The van der Waals surface area contributed by atoms with E-state index in [1.54, 1.807) is 0 Å². The van der Waals surface area contributed by atoms with Gasteiger partial charge in [-0.3, -0.25) is 0 Å². The third-order valence-electron chi connectivity index (χ3n) is 6.18. The largest absolute Gasteiger partial charge is 0.385 e. The van der Waals surface area contributed by atoms with Crippen LogP contribution in [0.5, 0.6) is 0 Å². The second-order valence-electron chi connectivity index (χ2n) is 8.93. The lowest BCUT2D eigenvalue weighted by atomic mass is 9.90. The molecule has 0 heterocycles. The van der Waals surface area contributed by atoms with Crippen LogP contribution in [0.1, 0.15) is 84.1 Å². The molecule has 1 N–H and O–H groups in total. The molecule has 0 fully saturated rings. The molecule has 1 atom stereocenters. The summed E-state index contributed by atoms with van der Waals surface area (Å²) in [5.41, 5.74) is 2.64. The Bertz CT molecular complexity index is 666. The van der Waals surface area contributed by atoms with Gasteiger partial charge in [-0.15, -0.1) is 0 Å². The van der Waals surface area contributed by atoms with Crippen LogP contribution in [-0.2, 0) is 5.60 Å². The summed E-state index contributed by atoms with van der Waals surface area (Å²) in [7, 11) is 0. The van der Waals surface area contributed by atoms with Crippen molar-refractivity contribution in [3.8, 4) is 11.1 Å². The van der Waals surface area contributed by atoms with Crippen LogP contribution in [0.3, 0.4) is 0 Å². The van der Waals surface area contributed by atoms with Gasteiger partial charge < -0.3 is 10.0 Å². The minimum atomic E-state index is -0.791. The highest BCUT2D eigenvalue weighted by molar-refractivity contribution is 5.63. The Labute approximate surface area is 185 Å². The van der Waals surface area contributed by atoms with Gasteiger partial charge in [-0.2, -0.15) is 0 Å². The average Bonchev–Trinajstić information content (AvgIpc) is 2.78. The van der Waals surface area contributed by atoms with E-state index >= 15 is 0 Å². The van der Waals surface area contributed by atoms with Crippen molar-refractivity contribution in [2.45, 2.75) is 84.2 Å². The first-order chi connectivity index (χ1) is 14.6. The average molecular weight is 410 g/mol. The first-order valence-corrected chi connectivity index (χ1v) is 12.2. The number of aliphatic hydroxyl groups is 1. The number of rotatable bonds is 15. The van der Waals surface area contributed by atoms with E-state index < -0.39 is 5.60 Å². The Kier molecular flexibility index (Phi) is 11.2. The van der Waals surface area contributed by atoms with Crippen molar-refractivity contribution in [3.05, 3.63) is 60.2 Å². The Balaban J connectivity index is 1.92. The predicted molar refractivity (Wildman–Crippen MR) is 131 cm³/mol. The molecule has 0 radical (unpaired) electrons. The smallest absolute Gasteiger partial charge is 0.0880 e. The van der Waals surface area contributed by atoms with E-state index in [-0.39, 0.29) is 0 Å². The van der Waals surface area contributed by atoms with Gasteiger partial charge >= 0.3 is 0 Å². The molecule has 2 aromatic carbocycles. The monoisotopic (exact) mass is 409 g/mol. The molecule has 166 valence electrons. The number of nitrogens with zero attached hydrogens (tertiary/aromatic N) is 1. The van der Waals surface area contributed by atoms with Crippen molar-refractivity contribution in [1.29, 1.82) is 0 Å². The fourth-order valence-corrected chi connectivity index (χ4v) is 4.03. The maximum absolute atomic E-state index is 11.2. The lowest BCUT2D eigenvalue weighted by Crippen LogP contribution is -2.33. The van der Waals surface area contributed by atoms with Crippen molar-refractivity contribution in [2.75, 3.05) is 19.6 Å². The summed E-state index contributed by atoms with van der Waals surface area (Å²) >= 11 is 0. The third kappa shape index (κ3) is 8.62. The third-order valence-corrected chi connectivity index (χ3v) is 6.18. The van der Waals surface area contributed by atoms with E-state index in [4.69, 9.17) is 0 Å². The van der Waals surface area contributed by atoms with Gasteiger partial charge in [-0.25, -0.2) is 0 Å². The van der Waals surface area contributed by atoms with Crippen molar-refractivity contribution >= 4 is 0 Å². The quantitative estimate of drug-likeness (QED) is 0.309. The van der Waals surface area contributed by atoms with E-state index in [0.717, 1.165) is 31.6 Å². The van der Waals surface area contributed by atoms with Crippen molar-refractivity contribution < 1.29 is 5.11 Å². The molecule has 0 aliphatic carbocycles. The Hall–Kier alpha value is -1.64. The Morgan fingerprint density at radius 1 is 0.667 bits per heavy atom. The van der Waals surface area contributed by atoms with Crippen LogP contribution < -0.4 is 0 Å². The lowest BCUT2D eigenvalue weighted by Gasteiger charge is -2.29. The van der Waals surface area contributed by atoms with E-state index in [0.29, 0.717) is 0 Å². The zero-order valence-electron chi connectivity index (χ0n) is 19.6. The van der Waals surface area contributed by atoms with Crippen LogP contribution in [0, 0.1) is 0 Å². The SMILES string of the molecule is CCCCCCN(CCCCCC)CCC(C)(O)c1ccc(-c2ccccc2)cc1. The number of hydrogen-bond acceptors (Lipinski definition) is 2. The minimum Gasteiger partial charge on any atom is -0.385 e. The second-order valence-corrected chi connectivity index (χ2v) is 8.93. The molecule has 1 unspecified atom stereocenters. The number of unbranched alkanes of at least 4 members (excludes halogenated alkanes) is 6. The van der Waals surface area contributed by atoms with Gasteiger partial charge in [0.15, 0.2) is 0 Å².